The van der Waals surface area contributed by atoms with E-state index in [1.54, 1.807) is 20.2 Å². The summed E-state index contributed by atoms with van der Waals surface area (Å²) < 4.78 is 1.82. The van der Waals surface area contributed by atoms with Crippen LogP contribution in [0.15, 0.2) is 11.2 Å². The van der Waals surface area contributed by atoms with Crippen LogP contribution < -0.4 is 4.90 Å². The number of carbonyl (C=O) groups excluding carboxylic acids is 1. The van der Waals surface area contributed by atoms with Crippen LogP contribution in [0, 0.1) is 0 Å². The van der Waals surface area contributed by atoms with Crippen LogP contribution in [0.3, 0.4) is 0 Å². The third-order valence-corrected chi connectivity index (χ3v) is 5.05. The van der Waals surface area contributed by atoms with E-state index in [1.807, 2.05) is 10.9 Å². The van der Waals surface area contributed by atoms with Gasteiger partial charge in [-0.25, -0.2) is 9.97 Å². The highest BCUT2D eigenvalue weighted by Gasteiger charge is 2.26. The standard InChI is InChI=1S/C15H18Cl2N6OS/c1-21(2)14(24)13-12(17)9-8-22(5-4-6-23(9)20-13)11-7-10(16)18-15(19-11)25-3/h7H,4-6,8H2,1-3H3. The van der Waals surface area contributed by atoms with E-state index in [2.05, 4.69) is 20.0 Å². The van der Waals surface area contributed by atoms with Gasteiger partial charge in [-0.1, -0.05) is 35.0 Å². The minimum Gasteiger partial charge on any atom is -0.350 e. The third kappa shape index (κ3) is 3.70. The molecule has 0 aliphatic carbocycles. The lowest BCUT2D eigenvalue weighted by Gasteiger charge is -2.21. The summed E-state index contributed by atoms with van der Waals surface area (Å²) in [5, 5.41) is 5.84. The summed E-state index contributed by atoms with van der Waals surface area (Å²) in [6.45, 7) is 1.99. The number of thioether (sulfide) groups is 1. The lowest BCUT2D eigenvalue weighted by molar-refractivity contribution is 0.0821. The predicted octanol–water partition coefficient (Wildman–Crippen LogP) is 2.81. The quantitative estimate of drug-likeness (QED) is 0.448. The van der Waals surface area contributed by atoms with Crippen molar-refractivity contribution in [1.29, 1.82) is 0 Å². The van der Waals surface area contributed by atoms with Gasteiger partial charge in [-0.2, -0.15) is 5.10 Å². The van der Waals surface area contributed by atoms with Crippen molar-refractivity contribution in [3.8, 4) is 0 Å². The molecule has 0 aromatic carbocycles. The van der Waals surface area contributed by atoms with Crippen molar-refractivity contribution in [3.05, 3.63) is 27.6 Å². The van der Waals surface area contributed by atoms with Gasteiger partial charge in [-0.15, -0.1) is 0 Å². The zero-order valence-corrected chi connectivity index (χ0v) is 16.5. The monoisotopic (exact) mass is 400 g/mol. The van der Waals surface area contributed by atoms with Crippen LogP contribution in [0.2, 0.25) is 10.2 Å². The number of amides is 1. The number of rotatable bonds is 3. The first-order valence-corrected chi connectivity index (χ1v) is 9.69. The van der Waals surface area contributed by atoms with Gasteiger partial charge in [0.05, 0.1) is 17.3 Å². The van der Waals surface area contributed by atoms with Gasteiger partial charge in [-0.05, 0) is 12.7 Å². The number of hydrogen-bond acceptors (Lipinski definition) is 6. The van der Waals surface area contributed by atoms with E-state index in [0.29, 0.717) is 28.4 Å². The Hall–Kier alpha value is -1.51. The van der Waals surface area contributed by atoms with E-state index in [1.165, 1.54) is 16.7 Å². The third-order valence-electron chi connectivity index (χ3n) is 3.91. The zero-order valence-electron chi connectivity index (χ0n) is 14.2. The second-order valence-electron chi connectivity index (χ2n) is 5.84. The van der Waals surface area contributed by atoms with Gasteiger partial charge in [0.1, 0.15) is 11.0 Å². The second-order valence-corrected chi connectivity index (χ2v) is 7.38. The number of halogens is 2. The highest BCUT2D eigenvalue weighted by Crippen LogP contribution is 2.29. The fourth-order valence-corrected chi connectivity index (χ4v) is 3.54. The van der Waals surface area contributed by atoms with Crippen molar-refractivity contribution >= 4 is 46.7 Å². The average Bonchev–Trinajstić information content (AvgIpc) is 2.76. The van der Waals surface area contributed by atoms with Gasteiger partial charge in [0, 0.05) is 33.3 Å². The molecule has 25 heavy (non-hydrogen) atoms. The lowest BCUT2D eigenvalue weighted by atomic mass is 10.3. The Bertz CT molecular complexity index is 810. The normalized spacial score (nSPS) is 14.2. The summed E-state index contributed by atoms with van der Waals surface area (Å²) in [4.78, 5) is 24.5. The number of aryl methyl sites for hydroxylation is 1. The van der Waals surface area contributed by atoms with Crippen LogP contribution in [0.5, 0.6) is 0 Å². The Labute approximate surface area is 160 Å². The molecule has 0 saturated carbocycles. The van der Waals surface area contributed by atoms with Crippen molar-refractivity contribution in [1.82, 2.24) is 24.6 Å². The van der Waals surface area contributed by atoms with Crippen molar-refractivity contribution < 1.29 is 4.79 Å². The van der Waals surface area contributed by atoms with Crippen LogP contribution in [0.4, 0.5) is 5.82 Å². The van der Waals surface area contributed by atoms with Crippen molar-refractivity contribution in [2.24, 2.45) is 0 Å². The van der Waals surface area contributed by atoms with Gasteiger partial charge < -0.3 is 9.80 Å². The maximum Gasteiger partial charge on any atom is 0.275 e. The van der Waals surface area contributed by atoms with E-state index in [0.717, 1.165) is 24.5 Å². The lowest BCUT2D eigenvalue weighted by Crippen LogP contribution is -2.24. The van der Waals surface area contributed by atoms with Crippen molar-refractivity contribution in [2.45, 2.75) is 24.7 Å². The summed E-state index contributed by atoms with van der Waals surface area (Å²) in [5.41, 5.74) is 1.10. The summed E-state index contributed by atoms with van der Waals surface area (Å²) in [6, 6.07) is 1.74. The van der Waals surface area contributed by atoms with Gasteiger partial charge in [0.2, 0.25) is 0 Å². The molecule has 7 nitrogen and oxygen atoms in total. The first-order valence-electron chi connectivity index (χ1n) is 7.71. The SMILES string of the molecule is CSc1nc(Cl)cc(N2CCCn3nc(C(=O)N(C)C)c(Cl)c3C2)n1. The fraction of sp³-hybridized carbons (Fsp3) is 0.467. The molecule has 0 radical (unpaired) electrons. The van der Waals surface area contributed by atoms with Gasteiger partial charge in [-0.3, -0.25) is 9.48 Å². The smallest absolute Gasteiger partial charge is 0.275 e. The van der Waals surface area contributed by atoms with Crippen molar-refractivity contribution in [2.75, 3.05) is 31.8 Å². The van der Waals surface area contributed by atoms with Crippen LogP contribution in [-0.4, -0.2) is 57.5 Å². The van der Waals surface area contributed by atoms with E-state index >= 15 is 0 Å². The minimum atomic E-state index is -0.202. The van der Waals surface area contributed by atoms with Crippen LogP contribution in [0.1, 0.15) is 22.6 Å². The molecular formula is C15H18Cl2N6OS. The number of hydrogen-bond donors (Lipinski definition) is 0. The van der Waals surface area contributed by atoms with Gasteiger partial charge in [0.25, 0.3) is 5.91 Å². The first kappa shape index (κ1) is 18.3. The summed E-state index contributed by atoms with van der Waals surface area (Å²) in [5.74, 6) is 0.544. The van der Waals surface area contributed by atoms with Crippen molar-refractivity contribution in [3.63, 3.8) is 0 Å². The molecule has 0 unspecified atom stereocenters. The molecule has 0 spiro atoms. The number of aromatic nitrogens is 4. The zero-order chi connectivity index (χ0) is 18.1. The summed E-state index contributed by atoms with van der Waals surface area (Å²) in [6.07, 6.45) is 2.76. The molecule has 0 atom stereocenters. The number of fused-ring (bicyclic) bond motifs is 1. The Balaban J connectivity index is 1.96. The molecule has 0 N–H and O–H groups in total. The van der Waals surface area contributed by atoms with E-state index < -0.39 is 0 Å². The maximum absolute atomic E-state index is 12.3. The molecule has 1 aliphatic rings. The molecule has 3 heterocycles. The number of nitrogens with zero attached hydrogens (tertiary/aromatic N) is 6. The predicted molar refractivity (Wildman–Crippen MR) is 99.7 cm³/mol. The van der Waals surface area contributed by atoms with E-state index in [-0.39, 0.29) is 11.6 Å². The van der Waals surface area contributed by atoms with Crippen LogP contribution in [-0.2, 0) is 13.1 Å². The molecule has 1 amide bonds. The largest absolute Gasteiger partial charge is 0.350 e. The average molecular weight is 401 g/mol. The maximum atomic E-state index is 12.3. The van der Waals surface area contributed by atoms with E-state index in [9.17, 15) is 4.79 Å². The molecule has 2 aromatic heterocycles. The Kier molecular flexibility index (Phi) is 5.41. The topological polar surface area (TPSA) is 67.2 Å². The molecule has 10 heteroatoms. The van der Waals surface area contributed by atoms with Crippen LogP contribution in [0.25, 0.3) is 0 Å². The first-order chi connectivity index (χ1) is 11.9. The molecule has 0 saturated heterocycles. The number of carbonyl (C=O) groups is 1. The highest BCUT2D eigenvalue weighted by molar-refractivity contribution is 7.98. The van der Waals surface area contributed by atoms with Gasteiger partial charge >= 0.3 is 0 Å². The molecule has 134 valence electrons. The Morgan fingerprint density at radius 2 is 2.04 bits per heavy atom. The second kappa shape index (κ2) is 7.39. The molecule has 2 aromatic rings. The Morgan fingerprint density at radius 3 is 2.72 bits per heavy atom. The summed E-state index contributed by atoms with van der Waals surface area (Å²) >= 11 is 14.0. The van der Waals surface area contributed by atoms with Crippen LogP contribution >= 0.6 is 35.0 Å². The molecular weight excluding hydrogens is 383 g/mol. The molecule has 0 bridgehead atoms. The van der Waals surface area contributed by atoms with Gasteiger partial charge in [0.15, 0.2) is 10.9 Å². The highest BCUT2D eigenvalue weighted by atomic mass is 35.5. The van der Waals surface area contributed by atoms with E-state index in [4.69, 9.17) is 23.2 Å². The molecule has 1 aliphatic heterocycles. The fourth-order valence-electron chi connectivity index (χ4n) is 2.66. The minimum absolute atomic E-state index is 0.202. The molecule has 3 rings (SSSR count). The Morgan fingerprint density at radius 1 is 1.28 bits per heavy atom. The number of anilines is 1. The summed E-state index contributed by atoms with van der Waals surface area (Å²) in [7, 11) is 3.37. The molecule has 0 fully saturated rings.